The lowest BCUT2D eigenvalue weighted by molar-refractivity contribution is 0.104. The number of benzene rings is 2. The maximum Gasteiger partial charge on any atom is 0.189 e. The Morgan fingerprint density at radius 1 is 1.20 bits per heavy atom. The first kappa shape index (κ1) is 13.9. The van der Waals surface area contributed by atoms with E-state index in [1.807, 2.05) is 31.2 Å². The zero-order valence-corrected chi connectivity index (χ0v) is 11.5. The van der Waals surface area contributed by atoms with Gasteiger partial charge < -0.3 is 9.84 Å². The second kappa shape index (κ2) is 6.06. The van der Waals surface area contributed by atoms with Crippen LogP contribution in [-0.4, -0.2) is 18.0 Å². The number of aryl methyl sites for hydroxylation is 1. The zero-order chi connectivity index (χ0) is 14.5. The molecule has 20 heavy (non-hydrogen) atoms. The van der Waals surface area contributed by atoms with Gasteiger partial charge in [-0.05, 0) is 37.3 Å². The van der Waals surface area contributed by atoms with E-state index in [4.69, 9.17) is 4.74 Å². The highest BCUT2D eigenvalue weighted by atomic mass is 16.5. The third kappa shape index (κ3) is 3.06. The van der Waals surface area contributed by atoms with Crippen LogP contribution in [0.15, 0.2) is 48.5 Å². The highest BCUT2D eigenvalue weighted by molar-refractivity contribution is 6.08. The van der Waals surface area contributed by atoms with E-state index in [1.54, 1.807) is 25.3 Å². The quantitative estimate of drug-likeness (QED) is 0.680. The van der Waals surface area contributed by atoms with Crippen LogP contribution < -0.4 is 4.74 Å². The summed E-state index contributed by atoms with van der Waals surface area (Å²) < 4.78 is 5.21. The van der Waals surface area contributed by atoms with Crippen molar-refractivity contribution in [2.24, 2.45) is 0 Å². The van der Waals surface area contributed by atoms with Crippen molar-refractivity contribution in [3.63, 3.8) is 0 Å². The lowest BCUT2D eigenvalue weighted by Gasteiger charge is -2.04. The Kier molecular flexibility index (Phi) is 4.20. The van der Waals surface area contributed by atoms with Crippen molar-refractivity contribution in [2.45, 2.75) is 6.92 Å². The largest absolute Gasteiger partial charge is 0.507 e. The Bertz CT molecular complexity index is 657. The molecule has 3 nitrogen and oxygen atoms in total. The van der Waals surface area contributed by atoms with Crippen LogP contribution in [0.5, 0.6) is 11.5 Å². The van der Waals surface area contributed by atoms with Gasteiger partial charge in [-0.15, -0.1) is 0 Å². The summed E-state index contributed by atoms with van der Waals surface area (Å²) in [7, 11) is 1.58. The van der Waals surface area contributed by atoms with Gasteiger partial charge in [-0.2, -0.15) is 0 Å². The highest BCUT2D eigenvalue weighted by Gasteiger charge is 2.08. The molecule has 2 aromatic rings. The Balaban J connectivity index is 2.27. The Morgan fingerprint density at radius 2 is 1.95 bits per heavy atom. The average Bonchev–Trinajstić information content (AvgIpc) is 2.47. The van der Waals surface area contributed by atoms with Crippen molar-refractivity contribution in [3.05, 3.63) is 65.2 Å². The number of aromatic hydroxyl groups is 1. The SMILES string of the molecule is COc1ccccc1C=CC(=O)c1cc(C)ccc1O. The van der Waals surface area contributed by atoms with Gasteiger partial charge in [0, 0.05) is 5.56 Å². The predicted octanol–water partition coefficient (Wildman–Crippen LogP) is 3.61. The number of hydrogen-bond acceptors (Lipinski definition) is 3. The summed E-state index contributed by atoms with van der Waals surface area (Å²) in [5.41, 5.74) is 2.04. The molecule has 0 bridgehead atoms. The fourth-order valence-electron chi connectivity index (χ4n) is 1.91. The summed E-state index contributed by atoms with van der Waals surface area (Å²) >= 11 is 0. The topological polar surface area (TPSA) is 46.5 Å². The molecule has 0 atom stereocenters. The van der Waals surface area contributed by atoms with Gasteiger partial charge in [0.2, 0.25) is 0 Å². The van der Waals surface area contributed by atoms with E-state index < -0.39 is 0 Å². The van der Waals surface area contributed by atoms with Gasteiger partial charge in [-0.1, -0.05) is 29.8 Å². The highest BCUT2D eigenvalue weighted by Crippen LogP contribution is 2.22. The van der Waals surface area contributed by atoms with E-state index >= 15 is 0 Å². The summed E-state index contributed by atoms with van der Waals surface area (Å²) in [6.45, 7) is 1.88. The van der Waals surface area contributed by atoms with Crippen LogP contribution in [0, 0.1) is 6.92 Å². The van der Waals surface area contributed by atoms with E-state index in [0.717, 1.165) is 11.1 Å². The van der Waals surface area contributed by atoms with Crippen LogP contribution in [0.1, 0.15) is 21.5 Å². The fourth-order valence-corrected chi connectivity index (χ4v) is 1.91. The van der Waals surface area contributed by atoms with E-state index in [0.29, 0.717) is 11.3 Å². The Hall–Kier alpha value is -2.55. The van der Waals surface area contributed by atoms with Gasteiger partial charge >= 0.3 is 0 Å². The number of para-hydroxylation sites is 1. The van der Waals surface area contributed by atoms with Crippen LogP contribution in [-0.2, 0) is 0 Å². The Labute approximate surface area is 118 Å². The number of phenolic OH excluding ortho intramolecular Hbond substituents is 1. The van der Waals surface area contributed by atoms with Crippen LogP contribution in [0.2, 0.25) is 0 Å². The first-order valence-corrected chi connectivity index (χ1v) is 6.27. The molecular weight excluding hydrogens is 252 g/mol. The lowest BCUT2D eigenvalue weighted by Crippen LogP contribution is -1.96. The number of ketones is 1. The number of carbonyl (C=O) groups excluding carboxylic acids is 1. The van der Waals surface area contributed by atoms with Gasteiger partial charge in [0.15, 0.2) is 5.78 Å². The molecule has 3 heteroatoms. The molecule has 0 heterocycles. The minimum Gasteiger partial charge on any atom is -0.507 e. The van der Waals surface area contributed by atoms with Crippen LogP contribution >= 0.6 is 0 Å². The van der Waals surface area contributed by atoms with Gasteiger partial charge in [0.1, 0.15) is 11.5 Å². The molecule has 1 N–H and O–H groups in total. The van der Waals surface area contributed by atoms with Crippen molar-refractivity contribution in [2.75, 3.05) is 7.11 Å². The fraction of sp³-hybridized carbons (Fsp3) is 0.118. The zero-order valence-electron chi connectivity index (χ0n) is 11.5. The molecule has 0 unspecified atom stereocenters. The number of allylic oxidation sites excluding steroid dienone is 1. The normalized spacial score (nSPS) is 10.7. The summed E-state index contributed by atoms with van der Waals surface area (Å²) in [6, 6.07) is 12.4. The minimum atomic E-state index is -0.239. The first-order valence-electron chi connectivity index (χ1n) is 6.27. The third-order valence-electron chi connectivity index (χ3n) is 2.97. The Morgan fingerprint density at radius 3 is 2.70 bits per heavy atom. The van der Waals surface area contributed by atoms with Crippen molar-refractivity contribution in [3.8, 4) is 11.5 Å². The molecule has 0 aliphatic rings. The molecule has 0 saturated heterocycles. The molecule has 0 spiro atoms. The molecular formula is C17H16O3. The second-order valence-electron chi connectivity index (χ2n) is 4.46. The third-order valence-corrected chi connectivity index (χ3v) is 2.97. The van der Waals surface area contributed by atoms with Crippen molar-refractivity contribution >= 4 is 11.9 Å². The van der Waals surface area contributed by atoms with E-state index in [2.05, 4.69) is 0 Å². The van der Waals surface area contributed by atoms with Crippen molar-refractivity contribution in [1.29, 1.82) is 0 Å². The molecule has 0 saturated carbocycles. The van der Waals surface area contributed by atoms with Crippen LogP contribution in [0.3, 0.4) is 0 Å². The molecule has 0 aliphatic carbocycles. The van der Waals surface area contributed by atoms with Gasteiger partial charge in [0.05, 0.1) is 12.7 Å². The van der Waals surface area contributed by atoms with Crippen LogP contribution in [0.4, 0.5) is 0 Å². The van der Waals surface area contributed by atoms with Crippen molar-refractivity contribution < 1.29 is 14.6 Å². The smallest absolute Gasteiger partial charge is 0.189 e. The lowest BCUT2D eigenvalue weighted by atomic mass is 10.1. The van der Waals surface area contributed by atoms with Crippen LogP contribution in [0.25, 0.3) is 6.08 Å². The first-order chi connectivity index (χ1) is 9.61. The maximum absolute atomic E-state index is 12.1. The van der Waals surface area contributed by atoms with Crippen molar-refractivity contribution in [1.82, 2.24) is 0 Å². The number of hydrogen-bond donors (Lipinski definition) is 1. The minimum absolute atomic E-state index is 0.00900. The maximum atomic E-state index is 12.1. The number of methoxy groups -OCH3 is 1. The molecule has 0 aliphatic heterocycles. The molecule has 0 fully saturated rings. The number of carbonyl (C=O) groups is 1. The van der Waals surface area contributed by atoms with E-state index in [9.17, 15) is 9.90 Å². The molecule has 2 rings (SSSR count). The number of ether oxygens (including phenoxy) is 1. The van der Waals surface area contributed by atoms with Gasteiger partial charge in [-0.25, -0.2) is 0 Å². The van der Waals surface area contributed by atoms with Gasteiger partial charge in [0.25, 0.3) is 0 Å². The van der Waals surface area contributed by atoms with E-state index in [-0.39, 0.29) is 11.5 Å². The summed E-state index contributed by atoms with van der Waals surface area (Å²) in [4.78, 5) is 12.1. The predicted molar refractivity (Wildman–Crippen MR) is 79.2 cm³/mol. The average molecular weight is 268 g/mol. The van der Waals surface area contributed by atoms with E-state index in [1.165, 1.54) is 12.1 Å². The molecule has 2 aromatic carbocycles. The monoisotopic (exact) mass is 268 g/mol. The summed E-state index contributed by atoms with van der Waals surface area (Å²) in [5.74, 6) is 0.451. The standard InChI is InChI=1S/C17H16O3/c1-12-7-9-15(18)14(11-12)16(19)10-8-13-5-3-4-6-17(13)20-2/h3-11,18H,1-2H3. The summed E-state index contributed by atoms with van der Waals surface area (Å²) in [6.07, 6.45) is 3.12. The molecule has 0 amide bonds. The number of phenols is 1. The molecule has 0 radical (unpaired) electrons. The van der Waals surface area contributed by atoms with Gasteiger partial charge in [-0.3, -0.25) is 4.79 Å². The number of rotatable bonds is 4. The summed E-state index contributed by atoms with van der Waals surface area (Å²) in [5, 5.41) is 9.72. The molecule has 0 aromatic heterocycles. The molecule has 102 valence electrons. The second-order valence-corrected chi connectivity index (χ2v) is 4.46.